The van der Waals surface area contributed by atoms with Gasteiger partial charge in [0.2, 0.25) is 0 Å². The Morgan fingerprint density at radius 1 is 1.21 bits per heavy atom. The molecule has 28 heavy (non-hydrogen) atoms. The first kappa shape index (κ1) is 21.8. The first-order valence-electron chi connectivity index (χ1n) is 8.26. The summed E-state index contributed by atoms with van der Waals surface area (Å²) in [5.41, 5.74) is 0.587. The van der Waals surface area contributed by atoms with Crippen molar-refractivity contribution in [3.8, 4) is 0 Å². The number of aliphatic carboxylic acids is 1. The second kappa shape index (κ2) is 10.7. The molecule has 0 aliphatic rings. The maximum Gasteiger partial charge on any atom is 0.326 e. The smallest absolute Gasteiger partial charge is 0.326 e. The SMILES string of the molecule is CSCC[C@H](NC(=O)/C(=C/c1ccccc1)NC(=O)c1ccc(Br)o1)C(=O)O. The standard InChI is InChI=1S/C19H19BrN2O5S/c1-28-10-9-13(19(25)26)21-17(23)14(11-12-5-3-2-4-6-12)22-18(24)15-7-8-16(20)27-15/h2-8,11,13H,9-10H2,1H3,(H,21,23)(H,22,24)(H,25,26)/b14-11-/t13-/m0/s1. The molecule has 7 nitrogen and oxygen atoms in total. The van der Waals surface area contributed by atoms with Crippen LogP contribution in [0.2, 0.25) is 0 Å². The van der Waals surface area contributed by atoms with Crippen molar-refractivity contribution >= 4 is 51.6 Å². The van der Waals surface area contributed by atoms with Crippen LogP contribution in [0, 0.1) is 0 Å². The molecule has 0 unspecified atom stereocenters. The first-order valence-corrected chi connectivity index (χ1v) is 10.5. The molecule has 1 heterocycles. The number of carboxylic acids is 1. The zero-order chi connectivity index (χ0) is 20.5. The van der Waals surface area contributed by atoms with Crippen LogP contribution in [0.5, 0.6) is 0 Å². The van der Waals surface area contributed by atoms with Crippen molar-refractivity contribution in [2.75, 3.05) is 12.0 Å². The van der Waals surface area contributed by atoms with Crippen LogP contribution in [0.15, 0.2) is 57.2 Å². The second-order valence-corrected chi connectivity index (χ2v) is 7.44. The number of thioether (sulfide) groups is 1. The van der Waals surface area contributed by atoms with Gasteiger partial charge in [0.1, 0.15) is 11.7 Å². The van der Waals surface area contributed by atoms with Crippen LogP contribution < -0.4 is 10.6 Å². The molecule has 0 aliphatic carbocycles. The number of furan rings is 1. The predicted octanol–water partition coefficient (Wildman–Crippen LogP) is 3.14. The van der Waals surface area contributed by atoms with E-state index in [-0.39, 0.29) is 17.9 Å². The van der Waals surface area contributed by atoms with Crippen LogP contribution in [0.25, 0.3) is 6.08 Å². The van der Waals surface area contributed by atoms with E-state index in [2.05, 4.69) is 26.6 Å². The van der Waals surface area contributed by atoms with Gasteiger partial charge in [0.15, 0.2) is 10.4 Å². The molecule has 3 N–H and O–H groups in total. The molecular formula is C19H19BrN2O5S. The Bertz CT molecular complexity index is 866. The lowest BCUT2D eigenvalue weighted by Gasteiger charge is -2.16. The van der Waals surface area contributed by atoms with E-state index in [4.69, 9.17) is 4.42 Å². The summed E-state index contributed by atoms with van der Waals surface area (Å²) in [5, 5.41) is 14.3. The molecule has 1 aromatic heterocycles. The molecule has 1 aromatic carbocycles. The number of amides is 2. The van der Waals surface area contributed by atoms with Gasteiger partial charge in [-0.05, 0) is 58.1 Å². The van der Waals surface area contributed by atoms with Crippen molar-refractivity contribution < 1.29 is 23.9 Å². The van der Waals surface area contributed by atoms with Crippen molar-refractivity contribution in [3.05, 3.63) is 64.2 Å². The Hall–Kier alpha value is -2.52. The lowest BCUT2D eigenvalue weighted by atomic mass is 10.1. The fourth-order valence-electron chi connectivity index (χ4n) is 2.22. The zero-order valence-corrected chi connectivity index (χ0v) is 17.4. The molecule has 0 bridgehead atoms. The van der Waals surface area contributed by atoms with Gasteiger partial charge in [0, 0.05) is 0 Å². The second-order valence-electron chi connectivity index (χ2n) is 5.67. The Balaban J connectivity index is 2.24. The molecule has 2 rings (SSSR count). The van der Waals surface area contributed by atoms with Gasteiger partial charge in [0.05, 0.1) is 0 Å². The zero-order valence-electron chi connectivity index (χ0n) is 15.0. The molecule has 0 aliphatic heterocycles. The van der Waals surface area contributed by atoms with Crippen LogP contribution in [0.3, 0.4) is 0 Å². The molecule has 0 fully saturated rings. The fourth-order valence-corrected chi connectivity index (χ4v) is 3.00. The van der Waals surface area contributed by atoms with E-state index < -0.39 is 23.8 Å². The van der Waals surface area contributed by atoms with Gasteiger partial charge in [-0.15, -0.1) is 0 Å². The van der Waals surface area contributed by atoms with Crippen LogP contribution in [-0.2, 0) is 9.59 Å². The van der Waals surface area contributed by atoms with E-state index >= 15 is 0 Å². The van der Waals surface area contributed by atoms with E-state index in [0.717, 1.165) is 0 Å². The Kier molecular flexibility index (Phi) is 8.34. The van der Waals surface area contributed by atoms with Gasteiger partial charge in [-0.2, -0.15) is 11.8 Å². The first-order chi connectivity index (χ1) is 13.4. The summed E-state index contributed by atoms with van der Waals surface area (Å²) in [6, 6.07) is 10.8. The highest BCUT2D eigenvalue weighted by Crippen LogP contribution is 2.15. The van der Waals surface area contributed by atoms with Crippen molar-refractivity contribution in [1.82, 2.24) is 10.6 Å². The molecule has 148 valence electrons. The molecule has 2 aromatic rings. The maximum absolute atomic E-state index is 12.7. The number of nitrogens with one attached hydrogen (secondary N) is 2. The molecule has 1 atom stereocenters. The number of carbonyl (C=O) groups excluding carboxylic acids is 2. The summed E-state index contributed by atoms with van der Waals surface area (Å²) in [6.45, 7) is 0. The highest BCUT2D eigenvalue weighted by molar-refractivity contribution is 9.10. The van der Waals surface area contributed by atoms with E-state index in [0.29, 0.717) is 16.0 Å². The number of hydrogen-bond donors (Lipinski definition) is 3. The third-order valence-electron chi connectivity index (χ3n) is 3.61. The Morgan fingerprint density at radius 2 is 1.93 bits per heavy atom. The lowest BCUT2D eigenvalue weighted by molar-refractivity contribution is -0.141. The summed E-state index contributed by atoms with van der Waals surface area (Å²) < 4.78 is 5.57. The van der Waals surface area contributed by atoms with Crippen molar-refractivity contribution in [2.45, 2.75) is 12.5 Å². The van der Waals surface area contributed by atoms with Crippen LogP contribution in [0.1, 0.15) is 22.5 Å². The molecule has 2 amide bonds. The Labute approximate surface area is 174 Å². The number of hydrogen-bond acceptors (Lipinski definition) is 5. The normalized spacial score (nSPS) is 12.3. The minimum atomic E-state index is -1.14. The minimum absolute atomic E-state index is 0.0100. The van der Waals surface area contributed by atoms with Gasteiger partial charge in [0.25, 0.3) is 11.8 Å². The van der Waals surface area contributed by atoms with Crippen LogP contribution in [-0.4, -0.2) is 40.9 Å². The summed E-state index contributed by atoms with van der Waals surface area (Å²) in [5.74, 6) is -1.88. The number of carbonyl (C=O) groups is 3. The largest absolute Gasteiger partial charge is 0.480 e. The summed E-state index contributed by atoms with van der Waals surface area (Å²) >= 11 is 4.59. The quantitative estimate of drug-likeness (QED) is 0.489. The predicted molar refractivity (Wildman–Crippen MR) is 111 cm³/mol. The van der Waals surface area contributed by atoms with Gasteiger partial charge in [-0.3, -0.25) is 9.59 Å². The van der Waals surface area contributed by atoms with Crippen LogP contribution in [0.4, 0.5) is 0 Å². The minimum Gasteiger partial charge on any atom is -0.480 e. The number of carboxylic acid groups (broad SMARTS) is 1. The van der Waals surface area contributed by atoms with Crippen molar-refractivity contribution in [1.29, 1.82) is 0 Å². The highest BCUT2D eigenvalue weighted by Gasteiger charge is 2.23. The Morgan fingerprint density at radius 3 is 2.50 bits per heavy atom. The van der Waals surface area contributed by atoms with Crippen LogP contribution >= 0.6 is 27.7 Å². The van der Waals surface area contributed by atoms with Gasteiger partial charge in [-0.1, -0.05) is 30.3 Å². The molecule has 9 heteroatoms. The number of benzene rings is 1. The van der Waals surface area contributed by atoms with Crippen molar-refractivity contribution in [3.63, 3.8) is 0 Å². The highest BCUT2D eigenvalue weighted by atomic mass is 79.9. The topological polar surface area (TPSA) is 109 Å². The summed E-state index contributed by atoms with van der Waals surface area (Å²) in [6.07, 6.45) is 3.59. The van der Waals surface area contributed by atoms with Crippen molar-refractivity contribution in [2.24, 2.45) is 0 Å². The number of halogens is 1. The monoisotopic (exact) mass is 466 g/mol. The third kappa shape index (κ3) is 6.58. The van der Waals surface area contributed by atoms with Gasteiger partial charge in [-0.25, -0.2) is 4.79 Å². The number of rotatable bonds is 9. The molecule has 0 radical (unpaired) electrons. The molecule has 0 saturated heterocycles. The summed E-state index contributed by atoms with van der Waals surface area (Å²) in [7, 11) is 0. The van der Waals surface area contributed by atoms with Gasteiger partial charge < -0.3 is 20.2 Å². The molecule has 0 saturated carbocycles. The molecular weight excluding hydrogens is 448 g/mol. The van der Waals surface area contributed by atoms with E-state index in [1.165, 1.54) is 23.9 Å². The lowest BCUT2D eigenvalue weighted by Crippen LogP contribution is -2.44. The average molecular weight is 467 g/mol. The fraction of sp³-hybridized carbons (Fsp3) is 0.211. The molecule has 0 spiro atoms. The summed E-state index contributed by atoms with van der Waals surface area (Å²) in [4.78, 5) is 36.5. The van der Waals surface area contributed by atoms with E-state index in [9.17, 15) is 19.5 Å². The van der Waals surface area contributed by atoms with E-state index in [1.807, 2.05) is 12.3 Å². The average Bonchev–Trinajstić information content (AvgIpc) is 3.11. The van der Waals surface area contributed by atoms with E-state index in [1.54, 1.807) is 30.3 Å². The third-order valence-corrected chi connectivity index (χ3v) is 4.68. The van der Waals surface area contributed by atoms with Gasteiger partial charge >= 0.3 is 5.97 Å². The maximum atomic E-state index is 12.7.